The van der Waals surface area contributed by atoms with Crippen molar-refractivity contribution >= 4 is 17.3 Å². The summed E-state index contributed by atoms with van der Waals surface area (Å²) in [7, 11) is 0. The minimum absolute atomic E-state index is 0.00551. The van der Waals surface area contributed by atoms with E-state index >= 15 is 0 Å². The van der Waals surface area contributed by atoms with Crippen LogP contribution >= 0.6 is 11.6 Å². The summed E-state index contributed by atoms with van der Waals surface area (Å²) in [6.07, 6.45) is 1.82. The predicted molar refractivity (Wildman–Crippen MR) is 88.2 cm³/mol. The normalized spacial score (nSPS) is 13.0. The van der Waals surface area contributed by atoms with Crippen LogP contribution < -0.4 is 15.0 Å². The summed E-state index contributed by atoms with van der Waals surface area (Å²) in [6, 6.07) is 5.91. The molecular formula is C16H12ClN3O5. The van der Waals surface area contributed by atoms with Crippen molar-refractivity contribution in [2.75, 3.05) is 13.2 Å². The summed E-state index contributed by atoms with van der Waals surface area (Å²) in [6.45, 7) is 0.968. The van der Waals surface area contributed by atoms with Crippen LogP contribution in [0.2, 0.25) is 5.02 Å². The molecule has 2 aromatic rings. The molecule has 0 fully saturated rings. The number of aromatic nitrogens is 1. The lowest BCUT2D eigenvalue weighted by atomic mass is 10.2. The minimum Gasteiger partial charge on any atom is -0.489 e. The van der Waals surface area contributed by atoms with Crippen molar-refractivity contribution in [2.24, 2.45) is 0 Å². The van der Waals surface area contributed by atoms with Crippen LogP contribution in [0.25, 0.3) is 0 Å². The van der Waals surface area contributed by atoms with E-state index in [4.69, 9.17) is 26.3 Å². The zero-order valence-corrected chi connectivity index (χ0v) is 13.7. The zero-order chi connectivity index (χ0) is 18.0. The molecule has 0 radical (unpaired) electrons. The molecule has 25 heavy (non-hydrogen) atoms. The molecule has 3 rings (SSSR count). The molecule has 9 heteroatoms. The Morgan fingerprint density at radius 3 is 2.80 bits per heavy atom. The first-order valence-corrected chi connectivity index (χ1v) is 7.74. The number of nitriles is 1. The molecule has 0 unspecified atom stereocenters. The molecule has 0 saturated carbocycles. The lowest BCUT2D eigenvalue weighted by molar-refractivity contribution is -0.385. The molecule has 1 aliphatic rings. The molecule has 0 bridgehead atoms. The predicted octanol–water partition coefficient (Wildman–Crippen LogP) is 2.49. The SMILES string of the molecule is N#Cc1cc([N+](=O)[O-])cn(Cc2cc(Cl)c3c(c2)OCCCO3)c1=O. The molecular weight excluding hydrogens is 350 g/mol. The zero-order valence-electron chi connectivity index (χ0n) is 12.9. The Labute approximate surface area is 146 Å². The molecule has 0 saturated heterocycles. The van der Waals surface area contributed by atoms with E-state index in [-0.39, 0.29) is 17.8 Å². The van der Waals surface area contributed by atoms with Crippen LogP contribution in [0.3, 0.4) is 0 Å². The second kappa shape index (κ2) is 6.83. The Morgan fingerprint density at radius 2 is 2.08 bits per heavy atom. The second-order valence-corrected chi connectivity index (χ2v) is 5.78. The summed E-state index contributed by atoms with van der Waals surface area (Å²) in [5.41, 5.74) is -0.650. The van der Waals surface area contributed by atoms with E-state index in [1.54, 1.807) is 18.2 Å². The van der Waals surface area contributed by atoms with Gasteiger partial charge in [0.15, 0.2) is 11.5 Å². The lowest BCUT2D eigenvalue weighted by Gasteiger charge is -2.12. The molecule has 128 valence electrons. The van der Waals surface area contributed by atoms with E-state index in [1.165, 1.54) is 0 Å². The van der Waals surface area contributed by atoms with E-state index in [2.05, 4.69) is 0 Å². The molecule has 1 aromatic carbocycles. The summed E-state index contributed by atoms with van der Waals surface area (Å²) < 4.78 is 12.2. The quantitative estimate of drug-likeness (QED) is 0.614. The molecule has 0 N–H and O–H groups in total. The number of rotatable bonds is 3. The maximum absolute atomic E-state index is 12.2. The van der Waals surface area contributed by atoms with Crippen molar-refractivity contribution in [3.8, 4) is 17.6 Å². The minimum atomic E-state index is -0.655. The van der Waals surface area contributed by atoms with Gasteiger partial charge in [-0.15, -0.1) is 0 Å². The van der Waals surface area contributed by atoms with Gasteiger partial charge in [-0.25, -0.2) is 0 Å². The lowest BCUT2D eigenvalue weighted by Crippen LogP contribution is -2.23. The van der Waals surface area contributed by atoms with Crippen LogP contribution in [0.4, 0.5) is 5.69 Å². The van der Waals surface area contributed by atoms with Crippen molar-refractivity contribution in [3.05, 3.63) is 61.0 Å². The third-order valence-electron chi connectivity index (χ3n) is 3.62. The second-order valence-electron chi connectivity index (χ2n) is 5.37. The van der Waals surface area contributed by atoms with Crippen LogP contribution in [-0.4, -0.2) is 22.7 Å². The number of nitrogens with zero attached hydrogens (tertiary/aromatic N) is 3. The molecule has 0 atom stereocenters. The molecule has 8 nitrogen and oxygen atoms in total. The fourth-order valence-electron chi connectivity index (χ4n) is 2.49. The first kappa shape index (κ1) is 16.8. The van der Waals surface area contributed by atoms with Gasteiger partial charge < -0.3 is 14.0 Å². The van der Waals surface area contributed by atoms with Gasteiger partial charge >= 0.3 is 0 Å². The van der Waals surface area contributed by atoms with Gasteiger partial charge in [0.25, 0.3) is 11.2 Å². The summed E-state index contributed by atoms with van der Waals surface area (Å²) in [5.74, 6) is 0.894. The van der Waals surface area contributed by atoms with Gasteiger partial charge in [-0.05, 0) is 17.7 Å². The Balaban J connectivity index is 2.03. The Kier molecular flexibility index (Phi) is 4.59. The van der Waals surface area contributed by atoms with Gasteiger partial charge in [-0.1, -0.05) is 11.6 Å². The molecule has 1 aliphatic heterocycles. The molecule has 0 spiro atoms. The number of pyridine rings is 1. The third-order valence-corrected chi connectivity index (χ3v) is 3.90. The van der Waals surface area contributed by atoms with Crippen LogP contribution in [0.15, 0.2) is 29.2 Å². The molecule has 0 amide bonds. The number of ether oxygens (including phenoxy) is 2. The van der Waals surface area contributed by atoms with Gasteiger partial charge in [-0.2, -0.15) is 5.26 Å². The van der Waals surface area contributed by atoms with Gasteiger partial charge in [0.1, 0.15) is 11.6 Å². The highest BCUT2D eigenvalue weighted by Crippen LogP contribution is 2.38. The Bertz CT molecular complexity index is 948. The topological polar surface area (TPSA) is 107 Å². The van der Waals surface area contributed by atoms with Crippen molar-refractivity contribution < 1.29 is 14.4 Å². The highest BCUT2D eigenvalue weighted by Gasteiger charge is 2.18. The number of halogens is 1. The molecule has 2 heterocycles. The average molecular weight is 362 g/mol. The van der Waals surface area contributed by atoms with Crippen LogP contribution in [0, 0.1) is 21.4 Å². The van der Waals surface area contributed by atoms with Crippen LogP contribution in [0.5, 0.6) is 11.5 Å². The highest BCUT2D eigenvalue weighted by atomic mass is 35.5. The van der Waals surface area contributed by atoms with Crippen molar-refractivity contribution in [1.29, 1.82) is 5.26 Å². The Hall–Kier alpha value is -3.05. The fourth-order valence-corrected chi connectivity index (χ4v) is 2.78. The maximum atomic E-state index is 12.2. The summed E-state index contributed by atoms with van der Waals surface area (Å²) in [4.78, 5) is 22.6. The summed E-state index contributed by atoms with van der Waals surface area (Å²) >= 11 is 6.21. The van der Waals surface area contributed by atoms with Crippen molar-refractivity contribution in [1.82, 2.24) is 4.57 Å². The van der Waals surface area contributed by atoms with E-state index in [0.29, 0.717) is 35.3 Å². The van der Waals surface area contributed by atoms with E-state index in [0.717, 1.165) is 23.3 Å². The van der Waals surface area contributed by atoms with Crippen LogP contribution in [-0.2, 0) is 6.54 Å². The number of benzene rings is 1. The van der Waals surface area contributed by atoms with Gasteiger partial charge in [0, 0.05) is 12.5 Å². The number of nitro groups is 1. The van der Waals surface area contributed by atoms with Crippen molar-refractivity contribution in [2.45, 2.75) is 13.0 Å². The number of hydrogen-bond acceptors (Lipinski definition) is 6. The van der Waals surface area contributed by atoms with E-state index in [1.807, 2.05) is 0 Å². The van der Waals surface area contributed by atoms with Gasteiger partial charge in [0.05, 0.1) is 35.9 Å². The fraction of sp³-hybridized carbons (Fsp3) is 0.250. The Morgan fingerprint density at radius 1 is 1.32 bits per heavy atom. The summed E-state index contributed by atoms with van der Waals surface area (Å²) in [5, 5.41) is 20.3. The molecule has 0 aliphatic carbocycles. The monoisotopic (exact) mass is 361 g/mol. The van der Waals surface area contributed by atoms with E-state index in [9.17, 15) is 14.9 Å². The molecule has 1 aromatic heterocycles. The van der Waals surface area contributed by atoms with Gasteiger partial charge in [-0.3, -0.25) is 14.9 Å². The largest absolute Gasteiger partial charge is 0.489 e. The first-order valence-electron chi connectivity index (χ1n) is 7.36. The maximum Gasteiger partial charge on any atom is 0.287 e. The first-order chi connectivity index (χ1) is 12.0. The third kappa shape index (κ3) is 3.41. The van der Waals surface area contributed by atoms with Gasteiger partial charge in [0.2, 0.25) is 0 Å². The van der Waals surface area contributed by atoms with Crippen molar-refractivity contribution in [3.63, 3.8) is 0 Å². The standard InChI is InChI=1S/C16H12ClN3O5/c17-13-4-10(5-14-15(13)25-3-1-2-24-14)8-19-9-12(20(22)23)6-11(7-18)16(19)21/h4-6,9H,1-3,8H2. The highest BCUT2D eigenvalue weighted by molar-refractivity contribution is 6.32. The van der Waals surface area contributed by atoms with Crippen LogP contribution in [0.1, 0.15) is 17.5 Å². The number of hydrogen-bond donors (Lipinski definition) is 0. The number of fused-ring (bicyclic) bond motifs is 1. The van der Waals surface area contributed by atoms with E-state index < -0.39 is 10.5 Å². The average Bonchev–Trinajstić information content (AvgIpc) is 2.82. The smallest absolute Gasteiger partial charge is 0.287 e.